The van der Waals surface area contributed by atoms with E-state index in [1.807, 2.05) is 0 Å². The number of carboxylic acid groups (broad SMARTS) is 1. The van der Waals surface area contributed by atoms with Gasteiger partial charge in [0.2, 0.25) is 0 Å². The van der Waals surface area contributed by atoms with Crippen molar-refractivity contribution in [3.05, 3.63) is 0 Å². The molecule has 2 fully saturated rings. The van der Waals surface area contributed by atoms with Gasteiger partial charge in [-0.1, -0.05) is 0 Å². The van der Waals surface area contributed by atoms with Crippen LogP contribution in [0.5, 0.6) is 0 Å². The molecule has 5 heteroatoms. The summed E-state index contributed by atoms with van der Waals surface area (Å²) in [5.41, 5.74) is -0.370. The van der Waals surface area contributed by atoms with Crippen molar-refractivity contribution in [1.29, 1.82) is 0 Å². The van der Waals surface area contributed by atoms with Gasteiger partial charge < -0.3 is 14.7 Å². The third-order valence-corrected chi connectivity index (χ3v) is 3.11. The van der Waals surface area contributed by atoms with Gasteiger partial charge in [0.1, 0.15) is 6.17 Å². The number of hydrogen-bond donors (Lipinski definition) is 1. The van der Waals surface area contributed by atoms with Crippen molar-refractivity contribution in [3.63, 3.8) is 0 Å². The molecule has 2 aliphatic rings. The van der Waals surface area contributed by atoms with Gasteiger partial charge in [0, 0.05) is 19.5 Å². The molecule has 1 unspecified atom stereocenters. The Morgan fingerprint density at radius 3 is 2.57 bits per heavy atom. The molecule has 1 N–H and O–H groups in total. The summed E-state index contributed by atoms with van der Waals surface area (Å²) < 4.78 is 18.4. The first-order valence-electron chi connectivity index (χ1n) is 4.87. The van der Waals surface area contributed by atoms with E-state index >= 15 is 0 Å². The number of hydrogen-bond acceptors (Lipinski definition) is 2. The van der Waals surface area contributed by atoms with Crippen LogP contribution in [0.4, 0.5) is 9.18 Å². The summed E-state index contributed by atoms with van der Waals surface area (Å²) in [6, 6.07) is 0. The van der Waals surface area contributed by atoms with Gasteiger partial charge in [-0.15, -0.1) is 0 Å². The van der Waals surface area contributed by atoms with Crippen LogP contribution < -0.4 is 0 Å². The fraction of sp³-hybridized carbons (Fsp3) is 0.889. The van der Waals surface area contributed by atoms with Crippen LogP contribution in [-0.4, -0.2) is 47.6 Å². The zero-order chi connectivity index (χ0) is 10.2. The highest BCUT2D eigenvalue weighted by molar-refractivity contribution is 5.65. The Kier molecular flexibility index (Phi) is 2.34. The topological polar surface area (TPSA) is 49.8 Å². The second kappa shape index (κ2) is 3.38. The molecule has 2 saturated heterocycles. The van der Waals surface area contributed by atoms with Gasteiger partial charge in [-0.2, -0.15) is 0 Å². The summed E-state index contributed by atoms with van der Waals surface area (Å²) in [6.07, 6.45) is -0.0825. The lowest BCUT2D eigenvalue weighted by molar-refractivity contribution is -0.0398. The quantitative estimate of drug-likeness (QED) is 0.644. The fourth-order valence-corrected chi connectivity index (χ4v) is 2.24. The summed E-state index contributed by atoms with van der Waals surface area (Å²) >= 11 is 0. The molecule has 2 aliphatic heterocycles. The lowest BCUT2D eigenvalue weighted by atomic mass is 9.88. The van der Waals surface area contributed by atoms with E-state index in [1.54, 1.807) is 0 Å². The van der Waals surface area contributed by atoms with Crippen LogP contribution in [0.15, 0.2) is 0 Å². The summed E-state index contributed by atoms with van der Waals surface area (Å²) in [4.78, 5) is 12.0. The Morgan fingerprint density at radius 1 is 1.50 bits per heavy atom. The van der Waals surface area contributed by atoms with Gasteiger partial charge in [-0.25, -0.2) is 9.18 Å². The van der Waals surface area contributed by atoms with Crippen LogP contribution in [0, 0.1) is 0 Å². The number of ether oxygens (including phenoxy) is 1. The molecule has 1 spiro atoms. The standard InChI is InChI=1S/C9H14FNO3/c10-7-5-9(14-6-7)1-3-11(4-2-9)8(12)13/h7H,1-6H2,(H,12,13). The first-order chi connectivity index (χ1) is 6.61. The molecule has 4 nitrogen and oxygen atoms in total. The van der Waals surface area contributed by atoms with Gasteiger partial charge in [-0.05, 0) is 12.8 Å². The first kappa shape index (κ1) is 9.71. The van der Waals surface area contributed by atoms with E-state index in [1.165, 1.54) is 4.90 Å². The Hall–Kier alpha value is -0.840. The van der Waals surface area contributed by atoms with Crippen molar-refractivity contribution in [2.45, 2.75) is 31.0 Å². The van der Waals surface area contributed by atoms with Gasteiger partial charge in [-0.3, -0.25) is 0 Å². The van der Waals surface area contributed by atoms with Crippen molar-refractivity contribution in [2.24, 2.45) is 0 Å². The maximum atomic E-state index is 13.0. The van der Waals surface area contributed by atoms with Crippen LogP contribution in [0.25, 0.3) is 0 Å². The molecular weight excluding hydrogens is 189 g/mol. The Bertz CT molecular complexity index is 238. The summed E-state index contributed by atoms with van der Waals surface area (Å²) in [5, 5.41) is 8.73. The van der Waals surface area contributed by atoms with E-state index in [4.69, 9.17) is 9.84 Å². The zero-order valence-electron chi connectivity index (χ0n) is 7.91. The molecule has 0 aliphatic carbocycles. The maximum absolute atomic E-state index is 13.0. The molecule has 0 aromatic rings. The van der Waals surface area contributed by atoms with Crippen LogP contribution in [0.2, 0.25) is 0 Å². The maximum Gasteiger partial charge on any atom is 0.407 e. The number of nitrogens with zero attached hydrogens (tertiary/aromatic N) is 1. The highest BCUT2D eigenvalue weighted by Gasteiger charge is 2.43. The normalized spacial score (nSPS) is 30.9. The highest BCUT2D eigenvalue weighted by Crippen LogP contribution is 2.36. The van der Waals surface area contributed by atoms with Crippen molar-refractivity contribution >= 4 is 6.09 Å². The largest absolute Gasteiger partial charge is 0.465 e. The predicted octanol–water partition coefficient (Wildman–Crippen LogP) is 1.26. The summed E-state index contributed by atoms with van der Waals surface area (Å²) in [7, 11) is 0. The molecule has 80 valence electrons. The molecule has 1 atom stereocenters. The van der Waals surface area contributed by atoms with Crippen LogP contribution in [-0.2, 0) is 4.74 Å². The van der Waals surface area contributed by atoms with E-state index in [-0.39, 0.29) is 12.2 Å². The molecule has 2 rings (SSSR count). The molecule has 2 heterocycles. The minimum Gasteiger partial charge on any atom is -0.465 e. The van der Waals surface area contributed by atoms with E-state index in [9.17, 15) is 9.18 Å². The van der Waals surface area contributed by atoms with E-state index in [2.05, 4.69) is 0 Å². The van der Waals surface area contributed by atoms with Gasteiger partial charge in [0.05, 0.1) is 12.2 Å². The molecule has 0 saturated carbocycles. The van der Waals surface area contributed by atoms with Gasteiger partial charge >= 0.3 is 6.09 Å². The monoisotopic (exact) mass is 203 g/mol. The number of rotatable bonds is 0. The van der Waals surface area contributed by atoms with Crippen molar-refractivity contribution in [2.75, 3.05) is 19.7 Å². The molecule has 14 heavy (non-hydrogen) atoms. The molecule has 0 bridgehead atoms. The van der Waals surface area contributed by atoms with Gasteiger partial charge in [0.15, 0.2) is 0 Å². The molecular formula is C9H14FNO3. The van der Waals surface area contributed by atoms with Crippen molar-refractivity contribution < 1.29 is 19.0 Å². The fourth-order valence-electron chi connectivity index (χ4n) is 2.24. The van der Waals surface area contributed by atoms with E-state index < -0.39 is 12.3 Å². The predicted molar refractivity (Wildman–Crippen MR) is 47.0 cm³/mol. The van der Waals surface area contributed by atoms with Gasteiger partial charge in [0.25, 0.3) is 0 Å². The molecule has 0 radical (unpaired) electrons. The lowest BCUT2D eigenvalue weighted by Gasteiger charge is -2.37. The zero-order valence-corrected chi connectivity index (χ0v) is 7.91. The second-order valence-electron chi connectivity index (χ2n) is 4.07. The SMILES string of the molecule is O=C(O)N1CCC2(CC1)CC(F)CO2. The third-order valence-electron chi connectivity index (χ3n) is 3.11. The van der Waals surface area contributed by atoms with Crippen LogP contribution >= 0.6 is 0 Å². The van der Waals surface area contributed by atoms with Crippen molar-refractivity contribution in [1.82, 2.24) is 4.90 Å². The average molecular weight is 203 g/mol. The minimum atomic E-state index is -0.894. The number of piperidine rings is 1. The summed E-state index contributed by atoms with van der Waals surface area (Å²) in [5.74, 6) is 0. The molecule has 0 aromatic heterocycles. The smallest absolute Gasteiger partial charge is 0.407 e. The van der Waals surface area contributed by atoms with Crippen LogP contribution in [0.1, 0.15) is 19.3 Å². The minimum absolute atomic E-state index is 0.174. The second-order valence-corrected chi connectivity index (χ2v) is 4.07. The Balaban J connectivity index is 1.92. The first-order valence-corrected chi connectivity index (χ1v) is 4.87. The number of alkyl halides is 1. The molecule has 1 amide bonds. The van der Waals surface area contributed by atoms with E-state index in [0.717, 1.165) is 0 Å². The number of halogens is 1. The highest BCUT2D eigenvalue weighted by atomic mass is 19.1. The number of likely N-dealkylation sites (tertiary alicyclic amines) is 1. The van der Waals surface area contributed by atoms with Crippen molar-refractivity contribution in [3.8, 4) is 0 Å². The summed E-state index contributed by atoms with van der Waals surface area (Å²) in [6.45, 7) is 1.09. The Labute approximate surface area is 81.6 Å². The molecule has 0 aromatic carbocycles. The number of amides is 1. The van der Waals surface area contributed by atoms with E-state index in [0.29, 0.717) is 32.4 Å². The number of carbonyl (C=O) groups is 1. The Morgan fingerprint density at radius 2 is 2.14 bits per heavy atom. The average Bonchev–Trinajstić information content (AvgIpc) is 2.48. The lowest BCUT2D eigenvalue weighted by Crippen LogP contribution is -2.46. The third kappa shape index (κ3) is 1.68. The van der Waals surface area contributed by atoms with Crippen LogP contribution in [0.3, 0.4) is 0 Å².